The van der Waals surface area contributed by atoms with Gasteiger partial charge in [0.15, 0.2) is 0 Å². The fourth-order valence-electron chi connectivity index (χ4n) is 0.728. The highest BCUT2D eigenvalue weighted by Crippen LogP contribution is 2.07. The van der Waals surface area contributed by atoms with Crippen LogP contribution in [0.1, 0.15) is 5.56 Å². The zero-order chi connectivity index (χ0) is 8.10. The minimum Gasteiger partial charge on any atom is -0.191 e. The van der Waals surface area contributed by atoms with Crippen molar-refractivity contribution in [3.8, 4) is 6.07 Å². The van der Waals surface area contributed by atoms with Gasteiger partial charge in [-0.3, -0.25) is 0 Å². The van der Waals surface area contributed by atoms with Gasteiger partial charge in [0, 0.05) is 0 Å². The Morgan fingerprint density at radius 3 is 2.55 bits per heavy atom. The molecule has 0 bridgehead atoms. The SMILES string of the molecule is N#CC(Cl)=Cc1ccccc1. The first-order valence-electron chi connectivity index (χ1n) is 3.15. The molecule has 2 heteroatoms. The van der Waals surface area contributed by atoms with Gasteiger partial charge in [0.05, 0.1) is 0 Å². The highest BCUT2D eigenvalue weighted by molar-refractivity contribution is 6.33. The second-order valence-electron chi connectivity index (χ2n) is 2.01. The zero-order valence-electron chi connectivity index (χ0n) is 5.79. The first-order chi connectivity index (χ1) is 5.33. The largest absolute Gasteiger partial charge is 0.191 e. The summed E-state index contributed by atoms with van der Waals surface area (Å²) in [6, 6.07) is 11.3. The van der Waals surface area contributed by atoms with Crippen molar-refractivity contribution in [1.29, 1.82) is 5.26 Å². The molecule has 54 valence electrons. The Bertz CT molecular complexity index is 295. The van der Waals surface area contributed by atoms with Crippen LogP contribution in [-0.2, 0) is 0 Å². The predicted octanol–water partition coefficient (Wildman–Crippen LogP) is 2.79. The van der Waals surface area contributed by atoms with Gasteiger partial charge in [0.25, 0.3) is 0 Å². The molecular weight excluding hydrogens is 158 g/mol. The van der Waals surface area contributed by atoms with E-state index in [0.717, 1.165) is 5.56 Å². The van der Waals surface area contributed by atoms with E-state index in [1.807, 2.05) is 36.4 Å². The van der Waals surface area contributed by atoms with Crippen molar-refractivity contribution in [2.45, 2.75) is 0 Å². The van der Waals surface area contributed by atoms with Crippen LogP contribution in [0.25, 0.3) is 6.08 Å². The lowest BCUT2D eigenvalue weighted by Gasteiger charge is -1.88. The number of hydrogen-bond donors (Lipinski definition) is 0. The maximum absolute atomic E-state index is 8.35. The average Bonchev–Trinajstić information content (AvgIpc) is 2.06. The standard InChI is InChI=1S/C9H6ClN/c10-9(7-11)6-8-4-2-1-3-5-8/h1-6H. The fraction of sp³-hybridized carbons (Fsp3) is 0. The molecule has 1 rings (SSSR count). The summed E-state index contributed by atoms with van der Waals surface area (Å²) in [7, 11) is 0. The Balaban J connectivity index is 2.90. The van der Waals surface area contributed by atoms with Crippen LogP contribution in [0, 0.1) is 11.3 Å². The van der Waals surface area contributed by atoms with Crippen molar-refractivity contribution in [3.63, 3.8) is 0 Å². The van der Waals surface area contributed by atoms with Crippen LogP contribution in [0.4, 0.5) is 0 Å². The van der Waals surface area contributed by atoms with Crippen molar-refractivity contribution in [2.24, 2.45) is 0 Å². The number of nitriles is 1. The number of benzene rings is 1. The molecule has 0 radical (unpaired) electrons. The van der Waals surface area contributed by atoms with Gasteiger partial charge < -0.3 is 0 Å². The molecule has 0 amide bonds. The van der Waals surface area contributed by atoms with E-state index in [9.17, 15) is 0 Å². The lowest BCUT2D eigenvalue weighted by atomic mass is 10.2. The number of nitrogens with zero attached hydrogens (tertiary/aromatic N) is 1. The van der Waals surface area contributed by atoms with Gasteiger partial charge in [0.2, 0.25) is 0 Å². The number of hydrogen-bond acceptors (Lipinski definition) is 1. The van der Waals surface area contributed by atoms with Gasteiger partial charge in [-0.05, 0) is 11.6 Å². The maximum atomic E-state index is 8.35. The Hall–Kier alpha value is -1.26. The topological polar surface area (TPSA) is 23.8 Å². The molecule has 0 aliphatic rings. The first-order valence-corrected chi connectivity index (χ1v) is 3.53. The van der Waals surface area contributed by atoms with E-state index in [0.29, 0.717) is 0 Å². The minimum atomic E-state index is 0.205. The van der Waals surface area contributed by atoms with E-state index >= 15 is 0 Å². The monoisotopic (exact) mass is 163 g/mol. The van der Waals surface area contributed by atoms with Crippen LogP contribution in [-0.4, -0.2) is 0 Å². The van der Waals surface area contributed by atoms with Crippen LogP contribution in [0.2, 0.25) is 0 Å². The summed E-state index contributed by atoms with van der Waals surface area (Å²) < 4.78 is 0. The Morgan fingerprint density at radius 1 is 1.36 bits per heavy atom. The summed E-state index contributed by atoms with van der Waals surface area (Å²) in [6.07, 6.45) is 1.63. The molecule has 0 heterocycles. The summed E-state index contributed by atoms with van der Waals surface area (Å²) in [4.78, 5) is 0. The molecular formula is C9H6ClN. The second-order valence-corrected chi connectivity index (χ2v) is 2.42. The quantitative estimate of drug-likeness (QED) is 0.584. The third-order valence-electron chi connectivity index (χ3n) is 1.20. The highest BCUT2D eigenvalue weighted by atomic mass is 35.5. The van der Waals surface area contributed by atoms with Crippen LogP contribution < -0.4 is 0 Å². The molecule has 0 aromatic heterocycles. The molecule has 0 saturated heterocycles. The third-order valence-corrected chi connectivity index (χ3v) is 1.39. The molecule has 0 aliphatic carbocycles. The summed E-state index contributed by atoms with van der Waals surface area (Å²) >= 11 is 5.50. The number of rotatable bonds is 1. The molecule has 0 spiro atoms. The molecule has 0 aliphatic heterocycles. The highest BCUT2D eigenvalue weighted by Gasteiger charge is 1.88. The van der Waals surface area contributed by atoms with Crippen LogP contribution in [0.15, 0.2) is 35.4 Å². The van der Waals surface area contributed by atoms with E-state index in [4.69, 9.17) is 16.9 Å². The molecule has 11 heavy (non-hydrogen) atoms. The Morgan fingerprint density at radius 2 is 2.00 bits per heavy atom. The van der Waals surface area contributed by atoms with Crippen LogP contribution in [0.5, 0.6) is 0 Å². The Kier molecular flexibility index (Phi) is 2.71. The lowest BCUT2D eigenvalue weighted by molar-refractivity contribution is 1.53. The smallest absolute Gasteiger partial charge is 0.118 e. The molecule has 1 nitrogen and oxygen atoms in total. The maximum Gasteiger partial charge on any atom is 0.118 e. The predicted molar refractivity (Wildman–Crippen MR) is 45.9 cm³/mol. The summed E-state index contributed by atoms with van der Waals surface area (Å²) in [5.41, 5.74) is 0.944. The van der Waals surface area contributed by atoms with Gasteiger partial charge in [-0.15, -0.1) is 0 Å². The lowest BCUT2D eigenvalue weighted by Crippen LogP contribution is -1.69. The molecule has 1 aromatic carbocycles. The number of allylic oxidation sites excluding steroid dienone is 1. The Labute approximate surface area is 70.5 Å². The fourth-order valence-corrected chi connectivity index (χ4v) is 0.854. The molecule has 0 atom stereocenters. The van der Waals surface area contributed by atoms with E-state index in [1.165, 1.54) is 0 Å². The van der Waals surface area contributed by atoms with Crippen molar-refractivity contribution in [2.75, 3.05) is 0 Å². The molecule has 0 N–H and O–H groups in total. The van der Waals surface area contributed by atoms with Crippen molar-refractivity contribution < 1.29 is 0 Å². The van der Waals surface area contributed by atoms with Gasteiger partial charge in [-0.25, -0.2) is 0 Å². The average molecular weight is 164 g/mol. The van der Waals surface area contributed by atoms with Gasteiger partial charge >= 0.3 is 0 Å². The minimum absolute atomic E-state index is 0.205. The molecule has 0 unspecified atom stereocenters. The third kappa shape index (κ3) is 2.45. The van der Waals surface area contributed by atoms with E-state index in [2.05, 4.69) is 0 Å². The van der Waals surface area contributed by atoms with Crippen LogP contribution >= 0.6 is 11.6 Å². The van der Waals surface area contributed by atoms with E-state index < -0.39 is 0 Å². The van der Waals surface area contributed by atoms with Crippen molar-refractivity contribution >= 4 is 17.7 Å². The van der Waals surface area contributed by atoms with Gasteiger partial charge in [0.1, 0.15) is 11.1 Å². The van der Waals surface area contributed by atoms with Gasteiger partial charge in [-0.2, -0.15) is 5.26 Å². The number of halogens is 1. The normalized spacial score (nSPS) is 10.7. The van der Waals surface area contributed by atoms with Crippen LogP contribution in [0.3, 0.4) is 0 Å². The van der Waals surface area contributed by atoms with Gasteiger partial charge in [-0.1, -0.05) is 41.9 Å². The molecule has 1 aromatic rings. The van der Waals surface area contributed by atoms with Crippen molar-refractivity contribution in [1.82, 2.24) is 0 Å². The summed E-state index contributed by atoms with van der Waals surface area (Å²) in [5, 5.41) is 8.55. The summed E-state index contributed by atoms with van der Waals surface area (Å²) in [6.45, 7) is 0. The molecule has 0 fully saturated rings. The molecule has 0 saturated carbocycles. The van der Waals surface area contributed by atoms with Crippen molar-refractivity contribution in [3.05, 3.63) is 40.9 Å². The summed E-state index contributed by atoms with van der Waals surface area (Å²) in [5.74, 6) is 0. The second kappa shape index (κ2) is 3.80. The van der Waals surface area contributed by atoms with E-state index in [-0.39, 0.29) is 5.03 Å². The van der Waals surface area contributed by atoms with E-state index in [1.54, 1.807) is 6.08 Å². The first kappa shape index (κ1) is 7.84. The zero-order valence-corrected chi connectivity index (χ0v) is 6.55.